The number of hydrogen-bond donors (Lipinski definition) is 3. The third-order valence-electron chi connectivity index (χ3n) is 2.96. The van der Waals surface area contributed by atoms with Gasteiger partial charge < -0.3 is 29.7 Å². The summed E-state index contributed by atoms with van der Waals surface area (Å²) in [5.41, 5.74) is 0. The lowest BCUT2D eigenvalue weighted by Crippen LogP contribution is -2.38. The van der Waals surface area contributed by atoms with Crippen LogP contribution in [0.2, 0.25) is 0 Å². The Morgan fingerprint density at radius 2 is 2.00 bits per heavy atom. The molecule has 0 aliphatic carbocycles. The number of nitrogens with one attached hydrogen (secondary N) is 1. The van der Waals surface area contributed by atoms with E-state index in [2.05, 4.69) is 5.32 Å². The Bertz CT molecular complexity index is 239. The number of methoxy groups -OCH3 is 1. The molecule has 0 unspecified atom stereocenters. The molecule has 1 fully saturated rings. The summed E-state index contributed by atoms with van der Waals surface area (Å²) >= 11 is 0. The number of ether oxygens (including phenoxy) is 3. The van der Waals surface area contributed by atoms with Crippen molar-refractivity contribution >= 4 is 0 Å². The molecule has 0 radical (unpaired) electrons. The Morgan fingerprint density at radius 3 is 2.63 bits per heavy atom. The molecule has 6 nitrogen and oxygen atoms in total. The maximum atomic E-state index is 9.88. The average Bonchev–Trinajstić information content (AvgIpc) is 2.64. The highest BCUT2D eigenvalue weighted by Crippen LogP contribution is 2.22. The van der Waals surface area contributed by atoms with Crippen molar-refractivity contribution in [2.45, 2.75) is 44.9 Å². The van der Waals surface area contributed by atoms with E-state index in [0.29, 0.717) is 25.7 Å². The summed E-state index contributed by atoms with van der Waals surface area (Å²) in [6.45, 7) is 6.52. The van der Waals surface area contributed by atoms with Gasteiger partial charge in [0.2, 0.25) is 0 Å². The average molecular weight is 277 g/mol. The Hall–Kier alpha value is -0.240. The quantitative estimate of drug-likeness (QED) is 0.504. The molecule has 0 aromatic rings. The zero-order valence-corrected chi connectivity index (χ0v) is 12.0. The van der Waals surface area contributed by atoms with Gasteiger partial charge in [0.05, 0.1) is 6.61 Å². The molecule has 0 amide bonds. The Balaban J connectivity index is 2.24. The smallest absolute Gasteiger partial charge is 0.186 e. The molecule has 1 saturated heterocycles. The van der Waals surface area contributed by atoms with E-state index in [1.165, 1.54) is 0 Å². The predicted octanol–water partition coefficient (Wildman–Crippen LogP) is -0.268. The second-order valence-corrected chi connectivity index (χ2v) is 5.30. The third-order valence-corrected chi connectivity index (χ3v) is 2.96. The van der Waals surface area contributed by atoms with Gasteiger partial charge in [0.25, 0.3) is 0 Å². The molecule has 1 aliphatic heterocycles. The van der Waals surface area contributed by atoms with Crippen LogP contribution in [0.1, 0.15) is 20.3 Å². The lowest BCUT2D eigenvalue weighted by molar-refractivity contribution is -0.169. The van der Waals surface area contributed by atoms with Crippen molar-refractivity contribution in [1.82, 2.24) is 5.32 Å². The topological polar surface area (TPSA) is 80.2 Å². The summed E-state index contributed by atoms with van der Waals surface area (Å²) in [5.74, 6) is 0.360. The second kappa shape index (κ2) is 8.84. The monoisotopic (exact) mass is 277 g/mol. The first kappa shape index (κ1) is 16.8. The van der Waals surface area contributed by atoms with E-state index in [1.54, 1.807) is 7.11 Å². The normalized spacial score (nSPS) is 31.3. The van der Waals surface area contributed by atoms with Gasteiger partial charge in [0.15, 0.2) is 6.29 Å². The van der Waals surface area contributed by atoms with Gasteiger partial charge in [-0.1, -0.05) is 13.8 Å². The molecule has 19 heavy (non-hydrogen) atoms. The minimum atomic E-state index is -0.982. The van der Waals surface area contributed by atoms with Gasteiger partial charge in [-0.3, -0.25) is 0 Å². The van der Waals surface area contributed by atoms with Gasteiger partial charge >= 0.3 is 0 Å². The summed E-state index contributed by atoms with van der Waals surface area (Å²) in [6.07, 6.45) is -2.16. The SMILES string of the molecule is COCCCNC[C@H]1O[C@H](OCC(C)C)[C@H](O)[C@H]1O. The molecule has 6 heteroatoms. The first-order chi connectivity index (χ1) is 9.06. The molecule has 0 spiro atoms. The van der Waals surface area contributed by atoms with Crippen LogP contribution in [0.25, 0.3) is 0 Å². The molecule has 0 bridgehead atoms. The van der Waals surface area contributed by atoms with Crippen molar-refractivity contribution < 1.29 is 24.4 Å². The van der Waals surface area contributed by atoms with Crippen LogP contribution < -0.4 is 5.32 Å². The van der Waals surface area contributed by atoms with Gasteiger partial charge in [0, 0.05) is 20.3 Å². The van der Waals surface area contributed by atoms with Crippen molar-refractivity contribution in [3.8, 4) is 0 Å². The zero-order valence-electron chi connectivity index (χ0n) is 12.0. The number of aliphatic hydroxyl groups is 2. The zero-order chi connectivity index (χ0) is 14.3. The summed E-state index contributed by atoms with van der Waals surface area (Å²) < 4.78 is 15.9. The molecule has 1 aliphatic rings. The van der Waals surface area contributed by atoms with Gasteiger partial charge in [-0.15, -0.1) is 0 Å². The summed E-state index contributed by atoms with van der Waals surface area (Å²) in [7, 11) is 1.66. The molecule has 1 rings (SSSR count). The lowest BCUT2D eigenvalue weighted by Gasteiger charge is -2.16. The highest BCUT2D eigenvalue weighted by Gasteiger charge is 2.43. The molecule has 0 saturated carbocycles. The minimum absolute atomic E-state index is 0.360. The van der Waals surface area contributed by atoms with Gasteiger partial charge in [-0.25, -0.2) is 0 Å². The van der Waals surface area contributed by atoms with Crippen LogP contribution in [-0.4, -0.2) is 68.2 Å². The Morgan fingerprint density at radius 1 is 1.26 bits per heavy atom. The van der Waals surface area contributed by atoms with Gasteiger partial charge in [-0.2, -0.15) is 0 Å². The molecule has 3 N–H and O–H groups in total. The van der Waals surface area contributed by atoms with Crippen LogP contribution in [0.5, 0.6) is 0 Å². The maximum absolute atomic E-state index is 9.88. The van der Waals surface area contributed by atoms with Crippen LogP contribution in [0.15, 0.2) is 0 Å². The minimum Gasteiger partial charge on any atom is -0.387 e. The largest absolute Gasteiger partial charge is 0.387 e. The third kappa shape index (κ3) is 5.72. The fourth-order valence-corrected chi connectivity index (χ4v) is 1.89. The first-order valence-corrected chi connectivity index (χ1v) is 6.89. The Kier molecular flexibility index (Phi) is 7.82. The van der Waals surface area contributed by atoms with Crippen molar-refractivity contribution in [2.75, 3.05) is 33.4 Å². The van der Waals surface area contributed by atoms with Gasteiger partial charge in [0.1, 0.15) is 18.3 Å². The van der Waals surface area contributed by atoms with E-state index in [0.717, 1.165) is 13.0 Å². The van der Waals surface area contributed by atoms with Crippen LogP contribution in [0.4, 0.5) is 0 Å². The van der Waals surface area contributed by atoms with Crippen molar-refractivity contribution in [3.63, 3.8) is 0 Å². The fourth-order valence-electron chi connectivity index (χ4n) is 1.89. The maximum Gasteiger partial charge on any atom is 0.186 e. The predicted molar refractivity (Wildman–Crippen MR) is 70.8 cm³/mol. The van der Waals surface area contributed by atoms with Crippen molar-refractivity contribution in [2.24, 2.45) is 5.92 Å². The van der Waals surface area contributed by atoms with Gasteiger partial charge in [-0.05, 0) is 18.9 Å². The van der Waals surface area contributed by atoms with Crippen LogP contribution in [0.3, 0.4) is 0 Å². The van der Waals surface area contributed by atoms with Crippen molar-refractivity contribution in [3.05, 3.63) is 0 Å². The van der Waals surface area contributed by atoms with E-state index in [1.807, 2.05) is 13.8 Å². The summed E-state index contributed by atoms with van der Waals surface area (Å²) in [6, 6.07) is 0. The molecule has 0 aromatic carbocycles. The van der Waals surface area contributed by atoms with Crippen LogP contribution in [0, 0.1) is 5.92 Å². The molecule has 4 atom stereocenters. The second-order valence-electron chi connectivity index (χ2n) is 5.30. The van der Waals surface area contributed by atoms with Crippen LogP contribution in [-0.2, 0) is 14.2 Å². The number of rotatable bonds is 9. The fraction of sp³-hybridized carbons (Fsp3) is 1.00. The lowest BCUT2D eigenvalue weighted by atomic mass is 10.1. The molecule has 0 aromatic heterocycles. The van der Waals surface area contributed by atoms with E-state index < -0.39 is 24.6 Å². The number of aliphatic hydroxyl groups excluding tert-OH is 2. The highest BCUT2D eigenvalue weighted by molar-refractivity contribution is 4.87. The molecular formula is C13H27NO5. The Labute approximate surface area is 115 Å². The standard InChI is InChI=1S/C13H27NO5/c1-9(2)8-18-13-12(16)11(15)10(19-13)7-14-5-4-6-17-3/h9-16H,4-8H2,1-3H3/t10-,11+,12-,13+/m1/s1. The van der Waals surface area contributed by atoms with Crippen LogP contribution >= 0.6 is 0 Å². The highest BCUT2D eigenvalue weighted by atomic mass is 16.7. The summed E-state index contributed by atoms with van der Waals surface area (Å²) in [4.78, 5) is 0. The first-order valence-electron chi connectivity index (χ1n) is 6.89. The van der Waals surface area contributed by atoms with E-state index in [9.17, 15) is 10.2 Å². The van der Waals surface area contributed by atoms with E-state index in [-0.39, 0.29) is 0 Å². The number of hydrogen-bond acceptors (Lipinski definition) is 6. The van der Waals surface area contributed by atoms with E-state index >= 15 is 0 Å². The molecule has 114 valence electrons. The molecular weight excluding hydrogens is 250 g/mol. The molecule has 1 heterocycles. The summed E-state index contributed by atoms with van der Waals surface area (Å²) in [5, 5.41) is 22.9. The van der Waals surface area contributed by atoms with E-state index in [4.69, 9.17) is 14.2 Å². The van der Waals surface area contributed by atoms with Crippen molar-refractivity contribution in [1.29, 1.82) is 0 Å².